The smallest absolute Gasteiger partial charge is 0.337 e. The normalized spacial score (nSPS) is 10.9. The van der Waals surface area contributed by atoms with Crippen molar-refractivity contribution in [2.45, 2.75) is 6.92 Å². The van der Waals surface area contributed by atoms with E-state index in [2.05, 4.69) is 9.55 Å². The van der Waals surface area contributed by atoms with Gasteiger partial charge in [0.25, 0.3) is 0 Å². The molecule has 0 saturated carbocycles. The van der Waals surface area contributed by atoms with E-state index in [-0.39, 0.29) is 5.56 Å². The van der Waals surface area contributed by atoms with Crippen LogP contribution in [0.3, 0.4) is 0 Å². The van der Waals surface area contributed by atoms with Crippen LogP contribution in [-0.2, 0) is 7.05 Å². The molecule has 2 heterocycles. The van der Waals surface area contributed by atoms with Gasteiger partial charge in [-0.2, -0.15) is 0 Å². The third-order valence-electron chi connectivity index (χ3n) is 3.96. The number of aryl methyl sites for hydroxylation is 1. The highest BCUT2D eigenvalue weighted by atomic mass is 16.5. The standard InChI is InChI=1S/C17H16N2O3/c1-10-15(13-8-7-11(9-18-13)17(20)21)12-5-4-6-14(22-3)16(12)19(10)2/h4-9H,1-3H3,(H,20,21). The van der Waals surface area contributed by atoms with Crippen LogP contribution < -0.4 is 4.74 Å². The Balaban J connectivity index is 2.27. The fourth-order valence-corrected chi connectivity index (χ4v) is 2.76. The SMILES string of the molecule is COc1cccc2c(-c3ccc(C(=O)O)cn3)c(C)n(C)c12. The van der Waals surface area contributed by atoms with Gasteiger partial charge in [-0.05, 0) is 25.1 Å². The summed E-state index contributed by atoms with van der Waals surface area (Å²) in [5, 5.41) is 10.0. The van der Waals surface area contributed by atoms with Crippen molar-refractivity contribution in [2.24, 2.45) is 7.05 Å². The van der Waals surface area contributed by atoms with Crippen molar-refractivity contribution >= 4 is 16.9 Å². The molecule has 3 aromatic rings. The molecule has 0 aliphatic heterocycles. The number of para-hydroxylation sites is 1. The summed E-state index contributed by atoms with van der Waals surface area (Å²) in [7, 11) is 3.63. The van der Waals surface area contributed by atoms with Crippen molar-refractivity contribution in [3.05, 3.63) is 47.8 Å². The van der Waals surface area contributed by atoms with Crippen molar-refractivity contribution < 1.29 is 14.6 Å². The number of benzene rings is 1. The molecule has 0 aliphatic carbocycles. The Morgan fingerprint density at radius 3 is 2.64 bits per heavy atom. The van der Waals surface area contributed by atoms with E-state index in [1.165, 1.54) is 6.20 Å². The Kier molecular flexibility index (Phi) is 3.33. The van der Waals surface area contributed by atoms with Gasteiger partial charge in [-0.3, -0.25) is 4.98 Å². The van der Waals surface area contributed by atoms with Gasteiger partial charge in [-0.25, -0.2) is 4.79 Å². The second kappa shape index (κ2) is 5.18. The van der Waals surface area contributed by atoms with Gasteiger partial charge in [0.1, 0.15) is 5.75 Å². The molecule has 0 bridgehead atoms. The number of carboxylic acid groups (broad SMARTS) is 1. The van der Waals surface area contributed by atoms with Gasteiger partial charge in [-0.1, -0.05) is 12.1 Å². The van der Waals surface area contributed by atoms with E-state index in [4.69, 9.17) is 9.84 Å². The first-order chi connectivity index (χ1) is 10.5. The Morgan fingerprint density at radius 2 is 2.05 bits per heavy atom. The zero-order chi connectivity index (χ0) is 15.9. The molecule has 1 N–H and O–H groups in total. The number of hydrogen-bond donors (Lipinski definition) is 1. The number of methoxy groups -OCH3 is 1. The first-order valence-electron chi connectivity index (χ1n) is 6.86. The van der Waals surface area contributed by atoms with Crippen LogP contribution in [0, 0.1) is 6.92 Å². The third-order valence-corrected chi connectivity index (χ3v) is 3.96. The van der Waals surface area contributed by atoms with Crippen molar-refractivity contribution in [1.29, 1.82) is 0 Å². The maximum Gasteiger partial charge on any atom is 0.337 e. The molecule has 0 aliphatic rings. The highest BCUT2D eigenvalue weighted by Gasteiger charge is 2.17. The molecule has 0 fully saturated rings. The molecule has 112 valence electrons. The number of aromatic carboxylic acids is 1. The number of hydrogen-bond acceptors (Lipinski definition) is 3. The van der Waals surface area contributed by atoms with Gasteiger partial charge in [0, 0.05) is 29.9 Å². The molecule has 0 amide bonds. The molecule has 5 nitrogen and oxygen atoms in total. The van der Waals surface area contributed by atoms with Crippen molar-refractivity contribution in [2.75, 3.05) is 7.11 Å². The van der Waals surface area contributed by atoms with Crippen LogP contribution in [0.2, 0.25) is 0 Å². The number of nitrogens with zero attached hydrogens (tertiary/aromatic N) is 2. The summed E-state index contributed by atoms with van der Waals surface area (Å²) in [4.78, 5) is 15.3. The number of carboxylic acids is 1. The highest BCUT2D eigenvalue weighted by Crippen LogP contribution is 2.37. The number of carbonyl (C=O) groups is 1. The van der Waals surface area contributed by atoms with E-state index < -0.39 is 5.97 Å². The van der Waals surface area contributed by atoms with Gasteiger partial charge < -0.3 is 14.4 Å². The van der Waals surface area contributed by atoms with E-state index in [1.807, 2.05) is 32.2 Å². The van der Waals surface area contributed by atoms with E-state index in [0.717, 1.165) is 33.6 Å². The Labute approximate surface area is 127 Å². The first-order valence-corrected chi connectivity index (χ1v) is 6.86. The summed E-state index contributed by atoms with van der Waals surface area (Å²) in [6.07, 6.45) is 1.39. The molecule has 0 atom stereocenters. The van der Waals surface area contributed by atoms with Crippen LogP contribution in [0.1, 0.15) is 16.1 Å². The molecule has 5 heteroatoms. The summed E-state index contributed by atoms with van der Waals surface area (Å²) >= 11 is 0. The maximum atomic E-state index is 11.0. The lowest BCUT2D eigenvalue weighted by Gasteiger charge is -2.04. The van der Waals surface area contributed by atoms with Gasteiger partial charge in [-0.15, -0.1) is 0 Å². The van der Waals surface area contributed by atoms with Crippen LogP contribution in [-0.4, -0.2) is 27.7 Å². The maximum absolute atomic E-state index is 11.0. The lowest BCUT2D eigenvalue weighted by molar-refractivity contribution is 0.0696. The second-order valence-electron chi connectivity index (χ2n) is 5.11. The summed E-state index contributed by atoms with van der Waals surface area (Å²) < 4.78 is 7.51. The van der Waals surface area contributed by atoms with Crippen LogP contribution >= 0.6 is 0 Å². The molecule has 22 heavy (non-hydrogen) atoms. The second-order valence-corrected chi connectivity index (χ2v) is 5.11. The van der Waals surface area contributed by atoms with Crippen LogP contribution in [0.5, 0.6) is 5.75 Å². The predicted molar refractivity (Wildman–Crippen MR) is 84.4 cm³/mol. The highest BCUT2D eigenvalue weighted by molar-refractivity contribution is 6.00. The molecule has 0 saturated heterocycles. The molecule has 3 rings (SSSR count). The molecule has 0 unspecified atom stereocenters. The fourth-order valence-electron chi connectivity index (χ4n) is 2.76. The molecule has 1 aromatic carbocycles. The van der Waals surface area contributed by atoms with E-state index >= 15 is 0 Å². The number of pyridine rings is 1. The molecular formula is C17H16N2O3. The molecule has 0 spiro atoms. The van der Waals surface area contributed by atoms with Gasteiger partial charge in [0.05, 0.1) is 23.9 Å². The minimum atomic E-state index is -0.977. The molecular weight excluding hydrogens is 280 g/mol. The van der Waals surface area contributed by atoms with Crippen LogP contribution in [0.15, 0.2) is 36.5 Å². The number of aromatic nitrogens is 2. The lowest BCUT2D eigenvalue weighted by atomic mass is 10.1. The average molecular weight is 296 g/mol. The largest absolute Gasteiger partial charge is 0.495 e. The monoisotopic (exact) mass is 296 g/mol. The first kappa shape index (κ1) is 14.1. The summed E-state index contributed by atoms with van der Waals surface area (Å²) in [6.45, 7) is 2.02. The van der Waals surface area contributed by atoms with Crippen molar-refractivity contribution in [3.63, 3.8) is 0 Å². The van der Waals surface area contributed by atoms with E-state index in [9.17, 15) is 4.79 Å². The predicted octanol–water partition coefficient (Wildman–Crippen LogP) is 3.26. The van der Waals surface area contributed by atoms with Crippen molar-refractivity contribution in [1.82, 2.24) is 9.55 Å². The van der Waals surface area contributed by atoms with Gasteiger partial charge >= 0.3 is 5.97 Å². The third kappa shape index (κ3) is 2.02. The summed E-state index contributed by atoms with van der Waals surface area (Å²) in [5.74, 6) is -0.174. The van der Waals surface area contributed by atoms with E-state index in [0.29, 0.717) is 0 Å². The van der Waals surface area contributed by atoms with Crippen LogP contribution in [0.4, 0.5) is 0 Å². The molecule has 2 aromatic heterocycles. The average Bonchev–Trinajstić information content (AvgIpc) is 2.79. The Morgan fingerprint density at radius 1 is 1.27 bits per heavy atom. The Bertz CT molecular complexity index is 864. The number of ether oxygens (including phenoxy) is 1. The topological polar surface area (TPSA) is 64.3 Å². The summed E-state index contributed by atoms with van der Waals surface area (Å²) in [6, 6.07) is 9.20. The minimum Gasteiger partial charge on any atom is -0.495 e. The zero-order valence-electron chi connectivity index (χ0n) is 12.6. The zero-order valence-corrected chi connectivity index (χ0v) is 12.6. The Hall–Kier alpha value is -2.82. The number of fused-ring (bicyclic) bond motifs is 1. The summed E-state index contributed by atoms with van der Waals surface area (Å²) in [5.41, 5.74) is 3.98. The van der Waals surface area contributed by atoms with Gasteiger partial charge in [0.2, 0.25) is 0 Å². The quantitative estimate of drug-likeness (QED) is 0.805. The molecule has 0 radical (unpaired) electrons. The van der Waals surface area contributed by atoms with E-state index in [1.54, 1.807) is 19.2 Å². The number of rotatable bonds is 3. The van der Waals surface area contributed by atoms with Gasteiger partial charge in [0.15, 0.2) is 0 Å². The van der Waals surface area contributed by atoms with Crippen molar-refractivity contribution in [3.8, 4) is 17.0 Å². The van der Waals surface area contributed by atoms with Crippen LogP contribution in [0.25, 0.3) is 22.2 Å². The fraction of sp³-hybridized carbons (Fsp3) is 0.176. The minimum absolute atomic E-state index is 0.180. The lowest BCUT2D eigenvalue weighted by Crippen LogP contribution is -1.97.